The maximum absolute atomic E-state index is 12.8. The number of non-ortho nitro benzene ring substituents is 1. The van der Waals surface area contributed by atoms with Gasteiger partial charge in [0.2, 0.25) is 0 Å². The lowest BCUT2D eigenvalue weighted by Gasteiger charge is -2.11. The minimum atomic E-state index is -0.715. The third kappa shape index (κ3) is 6.05. The van der Waals surface area contributed by atoms with E-state index in [1.165, 1.54) is 36.0 Å². The first-order chi connectivity index (χ1) is 17.6. The first-order valence-electron chi connectivity index (χ1n) is 10.4. The molecule has 0 saturated carbocycles. The largest absolute Gasteiger partial charge is 0.293 e. The van der Waals surface area contributed by atoms with E-state index in [4.69, 9.17) is 11.6 Å². The van der Waals surface area contributed by atoms with Crippen LogP contribution in [0.2, 0.25) is 5.02 Å². The van der Waals surface area contributed by atoms with Crippen molar-refractivity contribution < 1.29 is 24.2 Å². The number of hydrogen-bond donors (Lipinski definition) is 0. The van der Waals surface area contributed by atoms with E-state index < -0.39 is 33.3 Å². The van der Waals surface area contributed by atoms with E-state index in [-0.39, 0.29) is 21.8 Å². The summed E-state index contributed by atoms with van der Waals surface area (Å²) in [4.78, 5) is 61.0. The van der Waals surface area contributed by atoms with Crippen LogP contribution < -0.4 is 0 Å². The minimum Gasteiger partial charge on any atom is -0.292 e. The second kappa shape index (κ2) is 10.9. The average Bonchev–Trinajstić information content (AvgIpc) is 3.13. The van der Waals surface area contributed by atoms with Crippen molar-refractivity contribution in [2.24, 2.45) is 0 Å². The molecule has 186 valence electrons. The van der Waals surface area contributed by atoms with Gasteiger partial charge >= 0.3 is 0 Å². The maximum atomic E-state index is 12.8. The summed E-state index contributed by atoms with van der Waals surface area (Å²) in [5.41, 5.74) is 0.0657. The summed E-state index contributed by atoms with van der Waals surface area (Å²) in [6.45, 7) is -0.545. The molecule has 2 amide bonds. The summed E-state index contributed by atoms with van der Waals surface area (Å²) in [5, 5.41) is 22.3. The molecule has 10 nitrogen and oxygen atoms in total. The minimum absolute atomic E-state index is 0.00824. The van der Waals surface area contributed by atoms with E-state index in [0.29, 0.717) is 27.2 Å². The Labute approximate surface area is 222 Å². The number of amides is 2. The van der Waals surface area contributed by atoms with Crippen molar-refractivity contribution in [3.05, 3.63) is 108 Å². The number of carbonyl (C=O) groups excluding carboxylic acids is 3. The number of rotatable bonds is 8. The Morgan fingerprint density at radius 2 is 1.65 bits per heavy atom. The Morgan fingerprint density at radius 1 is 0.973 bits per heavy atom. The van der Waals surface area contributed by atoms with E-state index >= 15 is 0 Å². The zero-order chi connectivity index (χ0) is 26.7. The highest BCUT2D eigenvalue weighted by Gasteiger charge is 2.36. The third-order valence-electron chi connectivity index (χ3n) is 5.09. The highest BCUT2D eigenvalue weighted by Crippen LogP contribution is 2.37. The summed E-state index contributed by atoms with van der Waals surface area (Å²) in [6, 6.07) is 16.1. The zero-order valence-electron chi connectivity index (χ0n) is 18.5. The standard InChI is InChI=1S/C24H14ClN3O7S2/c25-16-4-8-18(9-5-16)36-21-10-1-14(11-19(21)28(34)35)12-22-23(30)26(24(31)37-22)13-20(29)15-2-6-17(7-3-15)27(32)33/h1-12H,13H2/b22-12-. The molecule has 0 bridgehead atoms. The first-order valence-corrected chi connectivity index (χ1v) is 12.4. The summed E-state index contributed by atoms with van der Waals surface area (Å²) in [6.07, 6.45) is 1.35. The zero-order valence-corrected chi connectivity index (χ0v) is 20.9. The van der Waals surface area contributed by atoms with E-state index in [9.17, 15) is 34.6 Å². The number of thioether (sulfide) groups is 1. The highest BCUT2D eigenvalue weighted by molar-refractivity contribution is 8.18. The van der Waals surface area contributed by atoms with Crippen LogP contribution in [0.5, 0.6) is 0 Å². The fraction of sp³-hybridized carbons (Fsp3) is 0.0417. The smallest absolute Gasteiger partial charge is 0.292 e. The average molecular weight is 556 g/mol. The molecule has 0 N–H and O–H groups in total. The Kier molecular flexibility index (Phi) is 7.71. The molecular formula is C24H14ClN3O7S2. The van der Waals surface area contributed by atoms with Crippen LogP contribution in [0.1, 0.15) is 15.9 Å². The molecule has 3 aromatic carbocycles. The lowest BCUT2D eigenvalue weighted by atomic mass is 10.1. The van der Waals surface area contributed by atoms with Crippen molar-refractivity contribution in [1.29, 1.82) is 0 Å². The molecular weight excluding hydrogens is 542 g/mol. The SMILES string of the molecule is O=C(CN1C(=O)S/C(=C\c2ccc(Sc3ccc(Cl)cc3)c([N+](=O)[O-])c2)C1=O)c1ccc([N+](=O)[O-])cc1. The molecule has 13 heteroatoms. The molecule has 0 radical (unpaired) electrons. The summed E-state index contributed by atoms with van der Waals surface area (Å²) >= 11 is 7.68. The number of halogens is 1. The van der Waals surface area contributed by atoms with E-state index in [1.807, 2.05) is 0 Å². The maximum Gasteiger partial charge on any atom is 0.293 e. The molecule has 1 aliphatic heterocycles. The normalized spacial score (nSPS) is 14.3. The molecule has 1 heterocycles. The van der Waals surface area contributed by atoms with Gasteiger partial charge in [-0.15, -0.1) is 0 Å². The second-order valence-corrected chi connectivity index (χ2v) is 10.1. The van der Waals surface area contributed by atoms with Gasteiger partial charge in [-0.1, -0.05) is 29.4 Å². The van der Waals surface area contributed by atoms with Crippen LogP contribution in [-0.2, 0) is 4.79 Å². The molecule has 1 saturated heterocycles. The number of ketones is 1. The molecule has 37 heavy (non-hydrogen) atoms. The number of nitro benzene ring substituents is 2. The third-order valence-corrected chi connectivity index (χ3v) is 7.33. The number of carbonyl (C=O) groups is 3. The Morgan fingerprint density at radius 3 is 2.27 bits per heavy atom. The molecule has 0 aliphatic carbocycles. The van der Waals surface area contributed by atoms with Crippen molar-refractivity contribution in [3.63, 3.8) is 0 Å². The quantitative estimate of drug-likeness (QED) is 0.137. The molecule has 3 aromatic rings. The van der Waals surface area contributed by atoms with Gasteiger partial charge in [-0.2, -0.15) is 0 Å². The van der Waals surface area contributed by atoms with Crippen molar-refractivity contribution >= 4 is 69.5 Å². The number of hydrogen-bond acceptors (Lipinski definition) is 9. The van der Waals surface area contributed by atoms with Crippen LogP contribution in [0.15, 0.2) is 81.4 Å². The van der Waals surface area contributed by atoms with Gasteiger partial charge in [-0.3, -0.25) is 39.5 Å². The summed E-state index contributed by atoms with van der Waals surface area (Å²) < 4.78 is 0. The van der Waals surface area contributed by atoms with Crippen LogP contribution in [0.25, 0.3) is 6.08 Å². The van der Waals surface area contributed by atoms with Gasteiger partial charge in [0.25, 0.3) is 22.5 Å². The van der Waals surface area contributed by atoms with Gasteiger partial charge in [0.1, 0.15) is 0 Å². The van der Waals surface area contributed by atoms with Gasteiger partial charge in [0.05, 0.1) is 26.2 Å². The van der Waals surface area contributed by atoms with Crippen LogP contribution in [-0.4, -0.2) is 38.2 Å². The Balaban J connectivity index is 1.52. The predicted molar refractivity (Wildman–Crippen MR) is 139 cm³/mol. The van der Waals surface area contributed by atoms with Crippen molar-refractivity contribution in [1.82, 2.24) is 4.90 Å². The molecule has 1 aliphatic rings. The highest BCUT2D eigenvalue weighted by atomic mass is 35.5. The summed E-state index contributed by atoms with van der Waals surface area (Å²) in [5.74, 6) is -1.29. The van der Waals surface area contributed by atoms with Gasteiger partial charge in [0, 0.05) is 33.7 Å². The fourth-order valence-electron chi connectivity index (χ4n) is 3.27. The Hall–Kier alpha value is -4.00. The number of imide groups is 1. The second-order valence-electron chi connectivity index (χ2n) is 7.54. The van der Waals surface area contributed by atoms with Crippen LogP contribution in [0.3, 0.4) is 0 Å². The number of nitro groups is 2. The topological polar surface area (TPSA) is 141 Å². The van der Waals surface area contributed by atoms with Gasteiger partial charge in [-0.05, 0) is 65.9 Å². The molecule has 1 fully saturated rings. The van der Waals surface area contributed by atoms with Crippen LogP contribution in [0.4, 0.5) is 16.2 Å². The van der Waals surface area contributed by atoms with Crippen molar-refractivity contribution in [2.75, 3.05) is 6.54 Å². The molecule has 4 rings (SSSR count). The van der Waals surface area contributed by atoms with E-state index in [0.717, 1.165) is 21.9 Å². The van der Waals surface area contributed by atoms with Crippen LogP contribution >= 0.6 is 35.1 Å². The molecule has 0 unspecified atom stereocenters. The molecule has 0 aromatic heterocycles. The lowest BCUT2D eigenvalue weighted by Crippen LogP contribution is -2.33. The van der Waals surface area contributed by atoms with Crippen molar-refractivity contribution in [3.8, 4) is 0 Å². The molecule has 0 atom stereocenters. The number of Topliss-reactive ketones (excluding diaryl/α,β-unsaturated/α-hetero) is 1. The summed E-state index contributed by atoms with van der Waals surface area (Å²) in [7, 11) is 0. The van der Waals surface area contributed by atoms with Crippen LogP contribution in [0, 0.1) is 20.2 Å². The first kappa shape index (κ1) is 26.1. The Bertz CT molecular complexity index is 1470. The van der Waals surface area contributed by atoms with Gasteiger partial charge in [-0.25, -0.2) is 0 Å². The van der Waals surface area contributed by atoms with Gasteiger partial charge < -0.3 is 0 Å². The van der Waals surface area contributed by atoms with Crippen molar-refractivity contribution in [2.45, 2.75) is 9.79 Å². The monoisotopic (exact) mass is 555 g/mol. The van der Waals surface area contributed by atoms with E-state index in [1.54, 1.807) is 36.4 Å². The molecule has 0 spiro atoms. The predicted octanol–water partition coefficient (Wildman–Crippen LogP) is 6.23. The number of benzene rings is 3. The number of nitrogens with zero attached hydrogens (tertiary/aromatic N) is 3. The van der Waals surface area contributed by atoms with Gasteiger partial charge in [0.15, 0.2) is 5.78 Å². The lowest BCUT2D eigenvalue weighted by molar-refractivity contribution is -0.387. The van der Waals surface area contributed by atoms with E-state index in [2.05, 4.69) is 0 Å². The fourth-order valence-corrected chi connectivity index (χ4v) is 5.14.